The van der Waals surface area contributed by atoms with E-state index in [0.29, 0.717) is 6.07 Å². The third-order valence-electron chi connectivity index (χ3n) is 3.97. The number of thiazole rings is 1. The number of rotatable bonds is 4. The van der Waals surface area contributed by atoms with Crippen molar-refractivity contribution in [3.8, 4) is 5.82 Å². The van der Waals surface area contributed by atoms with E-state index < -0.39 is 28.7 Å². The second-order valence-electron chi connectivity index (χ2n) is 5.91. The molecule has 4 aromatic rings. The third-order valence-corrected chi connectivity index (χ3v) is 5.76. The zero-order valence-electron chi connectivity index (χ0n) is 14.6. The number of halogens is 4. The number of aromatic nitrogens is 5. The molecule has 0 fully saturated rings. The topological polar surface area (TPSA) is 93.5 Å². The van der Waals surface area contributed by atoms with Crippen LogP contribution in [0.2, 0.25) is 0 Å². The van der Waals surface area contributed by atoms with Gasteiger partial charge in [0.25, 0.3) is 11.1 Å². The first kappa shape index (κ1) is 20.2. The second kappa shape index (κ2) is 7.65. The molecule has 1 N–H and O–H groups in total. The molecule has 0 aliphatic carbocycles. The number of aromatic amines is 1. The van der Waals surface area contributed by atoms with Crippen LogP contribution in [0.15, 0.2) is 50.6 Å². The molecular formula is C17H9F4N5O2S2. The average Bonchev–Trinajstić information content (AvgIpc) is 3.16. The van der Waals surface area contributed by atoms with Gasteiger partial charge in [0.15, 0.2) is 16.6 Å². The van der Waals surface area contributed by atoms with Crippen LogP contribution < -0.4 is 11.1 Å². The molecule has 0 amide bonds. The second-order valence-corrected chi connectivity index (χ2v) is 7.71. The van der Waals surface area contributed by atoms with Gasteiger partial charge in [-0.1, -0.05) is 17.8 Å². The van der Waals surface area contributed by atoms with Crippen LogP contribution in [0.1, 0.15) is 11.1 Å². The molecule has 0 saturated heterocycles. The minimum absolute atomic E-state index is 0.00148. The van der Waals surface area contributed by atoms with Crippen molar-refractivity contribution in [3.05, 3.63) is 73.5 Å². The number of nitrogens with one attached hydrogen (secondary N) is 1. The highest BCUT2D eigenvalue weighted by Crippen LogP contribution is 2.32. The Morgan fingerprint density at radius 1 is 1.17 bits per heavy atom. The van der Waals surface area contributed by atoms with Crippen molar-refractivity contribution in [2.75, 3.05) is 0 Å². The van der Waals surface area contributed by atoms with Gasteiger partial charge in [0.2, 0.25) is 0 Å². The van der Waals surface area contributed by atoms with Gasteiger partial charge in [-0.05, 0) is 23.8 Å². The predicted octanol–water partition coefficient (Wildman–Crippen LogP) is 3.38. The molecule has 0 aliphatic heterocycles. The van der Waals surface area contributed by atoms with Crippen LogP contribution in [-0.4, -0.2) is 24.7 Å². The van der Waals surface area contributed by atoms with E-state index in [2.05, 4.69) is 20.2 Å². The van der Waals surface area contributed by atoms with Gasteiger partial charge in [-0.2, -0.15) is 18.3 Å². The molecule has 0 spiro atoms. The van der Waals surface area contributed by atoms with E-state index in [1.54, 1.807) is 0 Å². The van der Waals surface area contributed by atoms with Gasteiger partial charge in [0.1, 0.15) is 10.5 Å². The maximum atomic E-state index is 14.2. The highest BCUT2D eigenvalue weighted by molar-refractivity contribution is 7.98. The van der Waals surface area contributed by atoms with Gasteiger partial charge in [-0.3, -0.25) is 9.59 Å². The first-order valence-electron chi connectivity index (χ1n) is 8.15. The fourth-order valence-corrected chi connectivity index (χ4v) is 4.17. The van der Waals surface area contributed by atoms with Crippen molar-refractivity contribution in [1.82, 2.24) is 24.7 Å². The summed E-state index contributed by atoms with van der Waals surface area (Å²) in [5.74, 6) is -1.05. The van der Waals surface area contributed by atoms with Crippen molar-refractivity contribution < 1.29 is 17.6 Å². The fraction of sp³-hybridized carbons (Fsp3) is 0.118. The monoisotopic (exact) mass is 455 g/mol. The van der Waals surface area contributed by atoms with Crippen LogP contribution in [0.5, 0.6) is 0 Å². The minimum Gasteiger partial charge on any atom is -0.268 e. The Balaban J connectivity index is 1.74. The zero-order chi connectivity index (χ0) is 21.5. The number of alkyl halides is 3. The van der Waals surface area contributed by atoms with Crippen LogP contribution >= 0.6 is 23.1 Å². The standard InChI is InChI=1S/C17H9F4N5O2S2/c18-10-5-9(17(19,20)21)2-1-8(10)6-29-16-23-14-13(30-7-22-14)15(28)26(16)11-3-4-12(27)25-24-11/h1-5,7H,6H2,(H,25,27). The maximum Gasteiger partial charge on any atom is 0.416 e. The summed E-state index contributed by atoms with van der Waals surface area (Å²) in [6, 6.07) is 4.73. The van der Waals surface area contributed by atoms with Crippen LogP contribution in [-0.2, 0) is 11.9 Å². The number of fused-ring (bicyclic) bond motifs is 1. The smallest absolute Gasteiger partial charge is 0.268 e. The number of nitrogens with zero attached hydrogens (tertiary/aromatic N) is 4. The minimum atomic E-state index is -4.65. The highest BCUT2D eigenvalue weighted by Gasteiger charge is 2.31. The Hall–Kier alpha value is -3.06. The first-order chi connectivity index (χ1) is 14.2. The van der Waals surface area contributed by atoms with Crippen molar-refractivity contribution in [1.29, 1.82) is 0 Å². The van der Waals surface area contributed by atoms with E-state index in [0.717, 1.165) is 39.8 Å². The number of hydrogen-bond acceptors (Lipinski definition) is 7. The molecule has 4 rings (SSSR count). The molecule has 0 atom stereocenters. The summed E-state index contributed by atoms with van der Waals surface area (Å²) in [7, 11) is 0. The molecule has 154 valence electrons. The molecule has 0 saturated carbocycles. The van der Waals surface area contributed by atoms with Crippen LogP contribution in [0.3, 0.4) is 0 Å². The molecule has 1 aromatic carbocycles. The summed E-state index contributed by atoms with van der Waals surface area (Å²) in [5.41, 5.74) is -0.432. The number of hydrogen-bond donors (Lipinski definition) is 1. The molecular weight excluding hydrogens is 446 g/mol. The summed E-state index contributed by atoms with van der Waals surface area (Å²) >= 11 is 2.00. The highest BCUT2D eigenvalue weighted by atomic mass is 32.2. The number of thioether (sulfide) groups is 1. The quantitative estimate of drug-likeness (QED) is 0.288. The lowest BCUT2D eigenvalue weighted by molar-refractivity contribution is -0.137. The predicted molar refractivity (Wildman–Crippen MR) is 102 cm³/mol. The van der Waals surface area contributed by atoms with Crippen LogP contribution in [0.25, 0.3) is 16.2 Å². The van der Waals surface area contributed by atoms with Gasteiger partial charge in [-0.25, -0.2) is 24.0 Å². The molecule has 13 heteroatoms. The lowest BCUT2D eigenvalue weighted by Crippen LogP contribution is -2.23. The van der Waals surface area contributed by atoms with E-state index in [-0.39, 0.29) is 32.6 Å². The summed E-state index contributed by atoms with van der Waals surface area (Å²) in [6.07, 6.45) is -4.65. The van der Waals surface area contributed by atoms with Gasteiger partial charge in [-0.15, -0.1) is 11.3 Å². The largest absolute Gasteiger partial charge is 0.416 e. The maximum absolute atomic E-state index is 14.2. The van der Waals surface area contributed by atoms with Gasteiger partial charge < -0.3 is 0 Å². The van der Waals surface area contributed by atoms with Gasteiger partial charge in [0, 0.05) is 11.8 Å². The van der Waals surface area contributed by atoms with E-state index in [1.807, 2.05) is 0 Å². The summed E-state index contributed by atoms with van der Waals surface area (Å²) in [5, 5.41) is 6.14. The molecule has 30 heavy (non-hydrogen) atoms. The molecule has 3 aromatic heterocycles. The van der Waals surface area contributed by atoms with E-state index in [4.69, 9.17) is 0 Å². The molecule has 7 nitrogen and oxygen atoms in total. The number of benzene rings is 1. The lowest BCUT2D eigenvalue weighted by Gasteiger charge is -2.11. The molecule has 0 unspecified atom stereocenters. The summed E-state index contributed by atoms with van der Waals surface area (Å²) in [6.45, 7) is 0. The average molecular weight is 455 g/mol. The van der Waals surface area contributed by atoms with Gasteiger partial charge >= 0.3 is 6.18 Å². The number of H-pyrrole nitrogens is 1. The van der Waals surface area contributed by atoms with Crippen molar-refractivity contribution in [2.24, 2.45) is 0 Å². The fourth-order valence-electron chi connectivity index (χ4n) is 2.54. The van der Waals surface area contributed by atoms with Crippen LogP contribution in [0, 0.1) is 5.82 Å². The first-order valence-corrected chi connectivity index (χ1v) is 10.0. The Bertz CT molecular complexity index is 1340. The third kappa shape index (κ3) is 3.85. The summed E-state index contributed by atoms with van der Waals surface area (Å²) < 4.78 is 53.7. The molecule has 0 aliphatic rings. The Morgan fingerprint density at radius 3 is 2.63 bits per heavy atom. The zero-order valence-corrected chi connectivity index (χ0v) is 16.2. The molecule has 0 bridgehead atoms. The van der Waals surface area contributed by atoms with Crippen LogP contribution in [0.4, 0.5) is 17.6 Å². The Morgan fingerprint density at radius 2 is 1.97 bits per heavy atom. The Labute approximate surface area is 172 Å². The molecule has 0 radical (unpaired) electrons. The summed E-state index contributed by atoms with van der Waals surface area (Å²) in [4.78, 5) is 32.5. The Kier molecular flexibility index (Phi) is 5.15. The van der Waals surface area contributed by atoms with E-state index in [1.165, 1.54) is 17.6 Å². The molecule has 3 heterocycles. The van der Waals surface area contributed by atoms with E-state index >= 15 is 0 Å². The SMILES string of the molecule is O=c1ccc(-n2c(SCc3ccc(C(F)(F)F)cc3F)nc3ncsc3c2=O)n[nH]1. The normalized spacial score (nSPS) is 11.9. The van der Waals surface area contributed by atoms with E-state index in [9.17, 15) is 27.2 Å². The van der Waals surface area contributed by atoms with Crippen molar-refractivity contribution >= 4 is 33.4 Å². The van der Waals surface area contributed by atoms with Gasteiger partial charge in [0.05, 0.1) is 11.1 Å². The van der Waals surface area contributed by atoms with Crippen molar-refractivity contribution in [3.63, 3.8) is 0 Å². The van der Waals surface area contributed by atoms with Crippen molar-refractivity contribution in [2.45, 2.75) is 17.1 Å². The lowest BCUT2D eigenvalue weighted by atomic mass is 10.1.